The van der Waals surface area contributed by atoms with Crippen molar-refractivity contribution in [1.29, 1.82) is 0 Å². The van der Waals surface area contributed by atoms with Crippen molar-refractivity contribution in [2.75, 3.05) is 13.1 Å². The average molecular weight is 180 g/mol. The lowest BCUT2D eigenvalue weighted by Gasteiger charge is -2.06. The monoisotopic (exact) mass is 180 g/mol. The van der Waals surface area contributed by atoms with Gasteiger partial charge in [0.15, 0.2) is 0 Å². The molecule has 0 fully saturated rings. The van der Waals surface area contributed by atoms with Gasteiger partial charge in [-0.05, 0) is 37.6 Å². The van der Waals surface area contributed by atoms with Crippen LogP contribution in [0.15, 0.2) is 24.5 Å². The van der Waals surface area contributed by atoms with Gasteiger partial charge in [-0.25, -0.2) is 0 Å². The van der Waals surface area contributed by atoms with Crippen LogP contribution in [0.4, 0.5) is 0 Å². The summed E-state index contributed by atoms with van der Waals surface area (Å²) in [4.78, 5) is 3.94. The predicted molar refractivity (Wildman–Crippen MR) is 52.5 cm³/mol. The van der Waals surface area contributed by atoms with Crippen LogP contribution >= 0.6 is 0 Å². The van der Waals surface area contributed by atoms with Gasteiger partial charge >= 0.3 is 0 Å². The van der Waals surface area contributed by atoms with Crippen LogP contribution in [-0.4, -0.2) is 29.3 Å². The number of aliphatic hydroxyl groups is 1. The number of hydrogen-bond acceptors (Lipinski definition) is 3. The summed E-state index contributed by atoms with van der Waals surface area (Å²) in [7, 11) is 0. The molecule has 1 unspecified atom stereocenters. The standard InChI is InChI=1S/C10H16N2O/c1-9(13)8-12-7-4-10-2-5-11-6-3-10/h2-3,5-6,9,12-13H,4,7-8H2,1H3. The van der Waals surface area contributed by atoms with Crippen LogP contribution in [0.5, 0.6) is 0 Å². The van der Waals surface area contributed by atoms with Crippen molar-refractivity contribution >= 4 is 0 Å². The molecular weight excluding hydrogens is 164 g/mol. The van der Waals surface area contributed by atoms with Crippen molar-refractivity contribution in [3.05, 3.63) is 30.1 Å². The van der Waals surface area contributed by atoms with Crippen molar-refractivity contribution in [3.8, 4) is 0 Å². The van der Waals surface area contributed by atoms with Crippen molar-refractivity contribution < 1.29 is 5.11 Å². The van der Waals surface area contributed by atoms with E-state index >= 15 is 0 Å². The Morgan fingerprint density at radius 2 is 2.15 bits per heavy atom. The maximum atomic E-state index is 8.98. The Morgan fingerprint density at radius 1 is 1.46 bits per heavy atom. The van der Waals surface area contributed by atoms with Gasteiger partial charge in [-0.3, -0.25) is 4.98 Å². The largest absolute Gasteiger partial charge is 0.392 e. The minimum absolute atomic E-state index is 0.266. The molecule has 1 heterocycles. The van der Waals surface area contributed by atoms with E-state index in [4.69, 9.17) is 5.11 Å². The zero-order valence-electron chi connectivity index (χ0n) is 7.90. The molecule has 0 aliphatic carbocycles. The lowest BCUT2D eigenvalue weighted by atomic mass is 10.2. The minimum atomic E-state index is -0.266. The highest BCUT2D eigenvalue weighted by Crippen LogP contribution is 1.95. The fraction of sp³-hybridized carbons (Fsp3) is 0.500. The second-order valence-electron chi connectivity index (χ2n) is 3.16. The van der Waals surface area contributed by atoms with Crippen LogP contribution in [0.25, 0.3) is 0 Å². The SMILES string of the molecule is CC(O)CNCCc1ccncc1. The molecule has 0 aromatic carbocycles. The molecule has 1 atom stereocenters. The summed E-state index contributed by atoms with van der Waals surface area (Å²) in [5.41, 5.74) is 1.27. The van der Waals surface area contributed by atoms with Gasteiger partial charge in [0.25, 0.3) is 0 Å². The maximum Gasteiger partial charge on any atom is 0.0636 e. The van der Waals surface area contributed by atoms with Gasteiger partial charge in [-0.1, -0.05) is 0 Å². The summed E-state index contributed by atoms with van der Waals surface area (Å²) in [5, 5.41) is 12.1. The Morgan fingerprint density at radius 3 is 2.77 bits per heavy atom. The fourth-order valence-corrected chi connectivity index (χ4v) is 1.09. The van der Waals surface area contributed by atoms with E-state index in [0.29, 0.717) is 6.54 Å². The zero-order valence-corrected chi connectivity index (χ0v) is 7.90. The Bertz CT molecular complexity index is 224. The quantitative estimate of drug-likeness (QED) is 0.652. The molecule has 1 aromatic rings. The van der Waals surface area contributed by atoms with Crippen LogP contribution in [0.3, 0.4) is 0 Å². The van der Waals surface area contributed by atoms with E-state index in [2.05, 4.69) is 10.3 Å². The minimum Gasteiger partial charge on any atom is -0.392 e. The second kappa shape index (κ2) is 5.67. The Balaban J connectivity index is 2.13. The van der Waals surface area contributed by atoms with E-state index < -0.39 is 0 Å². The van der Waals surface area contributed by atoms with Crippen molar-refractivity contribution in [2.45, 2.75) is 19.4 Å². The van der Waals surface area contributed by atoms with E-state index in [1.54, 1.807) is 19.3 Å². The number of nitrogens with zero attached hydrogens (tertiary/aromatic N) is 1. The highest BCUT2D eigenvalue weighted by molar-refractivity contribution is 5.09. The first-order valence-corrected chi connectivity index (χ1v) is 4.56. The molecule has 0 spiro atoms. The van der Waals surface area contributed by atoms with Crippen molar-refractivity contribution in [3.63, 3.8) is 0 Å². The molecule has 0 amide bonds. The van der Waals surface area contributed by atoms with Crippen LogP contribution < -0.4 is 5.32 Å². The van der Waals surface area contributed by atoms with Crippen LogP contribution in [0, 0.1) is 0 Å². The van der Waals surface area contributed by atoms with Gasteiger partial charge in [-0.2, -0.15) is 0 Å². The number of pyridine rings is 1. The third-order valence-corrected chi connectivity index (χ3v) is 1.78. The third kappa shape index (κ3) is 4.60. The highest BCUT2D eigenvalue weighted by Gasteiger charge is 1.94. The molecule has 1 rings (SSSR count). The molecule has 0 saturated carbocycles. The molecule has 72 valence electrons. The van der Waals surface area contributed by atoms with Crippen LogP contribution in [-0.2, 0) is 6.42 Å². The topological polar surface area (TPSA) is 45.1 Å². The summed E-state index contributed by atoms with van der Waals surface area (Å²) in [6.45, 7) is 3.33. The highest BCUT2D eigenvalue weighted by atomic mass is 16.3. The predicted octanol–water partition coefficient (Wildman–Crippen LogP) is 0.594. The molecule has 0 saturated heterocycles. The summed E-state index contributed by atoms with van der Waals surface area (Å²) in [6.07, 6.45) is 4.31. The van der Waals surface area contributed by atoms with Gasteiger partial charge in [0.1, 0.15) is 0 Å². The Hall–Kier alpha value is -0.930. The number of nitrogens with one attached hydrogen (secondary N) is 1. The lowest BCUT2D eigenvalue weighted by molar-refractivity contribution is 0.191. The fourth-order valence-electron chi connectivity index (χ4n) is 1.09. The van der Waals surface area contributed by atoms with E-state index in [-0.39, 0.29) is 6.10 Å². The molecule has 2 N–H and O–H groups in total. The first-order chi connectivity index (χ1) is 6.29. The number of aliphatic hydroxyl groups excluding tert-OH is 1. The number of aromatic nitrogens is 1. The Kier molecular flexibility index (Phi) is 4.43. The molecule has 1 aromatic heterocycles. The van der Waals surface area contributed by atoms with Gasteiger partial charge in [0, 0.05) is 18.9 Å². The molecule has 0 aliphatic rings. The lowest BCUT2D eigenvalue weighted by Crippen LogP contribution is -2.26. The average Bonchev–Trinajstić information content (AvgIpc) is 2.14. The first kappa shape index (κ1) is 10.2. The Labute approximate surface area is 78.8 Å². The van der Waals surface area contributed by atoms with Crippen molar-refractivity contribution in [1.82, 2.24) is 10.3 Å². The summed E-state index contributed by atoms with van der Waals surface area (Å²) < 4.78 is 0. The zero-order chi connectivity index (χ0) is 9.52. The van der Waals surface area contributed by atoms with E-state index in [1.807, 2.05) is 12.1 Å². The first-order valence-electron chi connectivity index (χ1n) is 4.56. The molecule has 3 heteroatoms. The van der Waals surface area contributed by atoms with Gasteiger partial charge in [0.05, 0.1) is 6.10 Å². The summed E-state index contributed by atoms with van der Waals surface area (Å²) >= 11 is 0. The van der Waals surface area contributed by atoms with Gasteiger partial charge < -0.3 is 10.4 Å². The number of rotatable bonds is 5. The second-order valence-corrected chi connectivity index (χ2v) is 3.16. The molecule has 3 nitrogen and oxygen atoms in total. The maximum absolute atomic E-state index is 8.98. The molecule has 13 heavy (non-hydrogen) atoms. The van der Waals surface area contributed by atoms with Crippen LogP contribution in [0.1, 0.15) is 12.5 Å². The van der Waals surface area contributed by atoms with Gasteiger partial charge in [-0.15, -0.1) is 0 Å². The number of hydrogen-bond donors (Lipinski definition) is 2. The van der Waals surface area contributed by atoms with E-state index in [1.165, 1.54) is 5.56 Å². The van der Waals surface area contributed by atoms with E-state index in [9.17, 15) is 0 Å². The smallest absolute Gasteiger partial charge is 0.0636 e. The normalized spacial score (nSPS) is 12.8. The van der Waals surface area contributed by atoms with E-state index in [0.717, 1.165) is 13.0 Å². The summed E-state index contributed by atoms with van der Waals surface area (Å²) in [6, 6.07) is 4.01. The molecule has 0 bridgehead atoms. The molecule has 0 aliphatic heterocycles. The van der Waals surface area contributed by atoms with Crippen molar-refractivity contribution in [2.24, 2.45) is 0 Å². The van der Waals surface area contributed by atoms with Crippen LogP contribution in [0.2, 0.25) is 0 Å². The molecular formula is C10H16N2O. The third-order valence-electron chi connectivity index (χ3n) is 1.78. The molecule has 0 radical (unpaired) electrons. The summed E-state index contributed by atoms with van der Waals surface area (Å²) in [5.74, 6) is 0. The van der Waals surface area contributed by atoms with Gasteiger partial charge in [0.2, 0.25) is 0 Å².